The molecule has 5 atom stereocenters. The van der Waals surface area contributed by atoms with Crippen molar-refractivity contribution in [2.45, 2.75) is 77.0 Å². The number of imidazole rings is 1. The maximum Gasteiger partial charge on any atom is 0.390 e. The highest BCUT2D eigenvalue weighted by atomic mass is 19.4. The third kappa shape index (κ3) is 5.13. The van der Waals surface area contributed by atoms with Gasteiger partial charge in [-0.15, -0.1) is 0 Å². The second-order valence-electron chi connectivity index (χ2n) is 7.67. The Kier molecular flexibility index (Phi) is 7.14. The Hall–Kier alpha value is -3.23. The predicted octanol–water partition coefficient (Wildman–Crippen LogP) is 1.64. The zero-order valence-electron chi connectivity index (χ0n) is 18.4. The number of nitrogens with zero attached hydrogens (tertiary/aromatic N) is 4. The first-order valence-corrected chi connectivity index (χ1v) is 10.3. The lowest BCUT2D eigenvalue weighted by atomic mass is 10.0. The van der Waals surface area contributed by atoms with Crippen molar-refractivity contribution in [2.24, 2.45) is 0 Å². The van der Waals surface area contributed by atoms with Gasteiger partial charge < -0.3 is 19.9 Å². The van der Waals surface area contributed by atoms with Gasteiger partial charge in [-0.05, 0) is 6.42 Å². The van der Waals surface area contributed by atoms with Gasteiger partial charge >= 0.3 is 23.8 Å². The van der Waals surface area contributed by atoms with Crippen LogP contribution in [0, 0.1) is 0 Å². The van der Waals surface area contributed by atoms with Crippen molar-refractivity contribution in [3.8, 4) is 0 Å². The van der Waals surface area contributed by atoms with Crippen LogP contribution in [0.4, 0.5) is 23.5 Å². The fourth-order valence-corrected chi connectivity index (χ4v) is 3.82. The van der Waals surface area contributed by atoms with Gasteiger partial charge in [-0.1, -0.05) is 6.92 Å². The molecule has 0 aromatic carbocycles. The Morgan fingerprint density at radius 1 is 1.29 bits per heavy atom. The summed E-state index contributed by atoms with van der Waals surface area (Å²) in [5, 5.41) is 0. The van der Waals surface area contributed by atoms with Gasteiger partial charge in [0.1, 0.15) is 17.7 Å². The Morgan fingerprint density at radius 2 is 1.97 bits per heavy atom. The standard InChI is InChI=1S/C19H23F4N5O6/c1-4-11(32-8(2)29)13-12(20)14(33-9(3)30)16(34-13)28-15-10(7-25-17(24)26-15)27(18(28)31)6-5-19(21,22)23/h7,11-14,16H,4-6H2,1-3H3,(H2,24,25,26)/t11?,12-,13+,14+,16+/m0/s1. The molecule has 11 nitrogen and oxygen atoms in total. The van der Waals surface area contributed by atoms with Gasteiger partial charge in [0.2, 0.25) is 5.95 Å². The van der Waals surface area contributed by atoms with E-state index < -0.39 is 67.5 Å². The number of hydrogen-bond acceptors (Lipinski definition) is 9. The van der Waals surface area contributed by atoms with E-state index in [1.54, 1.807) is 6.92 Å². The molecule has 1 fully saturated rings. The summed E-state index contributed by atoms with van der Waals surface area (Å²) in [5.74, 6) is -1.92. The summed E-state index contributed by atoms with van der Waals surface area (Å²) >= 11 is 0. The molecule has 2 aromatic rings. The van der Waals surface area contributed by atoms with E-state index in [2.05, 4.69) is 9.97 Å². The van der Waals surface area contributed by atoms with Gasteiger partial charge in [-0.2, -0.15) is 18.2 Å². The van der Waals surface area contributed by atoms with Crippen LogP contribution in [-0.2, 0) is 30.3 Å². The minimum Gasteiger partial charge on any atom is -0.460 e. The molecule has 0 radical (unpaired) electrons. The predicted molar refractivity (Wildman–Crippen MR) is 107 cm³/mol. The molecule has 15 heteroatoms. The number of nitrogen functional groups attached to an aromatic ring is 1. The first-order valence-electron chi connectivity index (χ1n) is 10.3. The minimum absolute atomic E-state index is 0.112. The van der Waals surface area contributed by atoms with E-state index in [1.165, 1.54) is 0 Å². The summed E-state index contributed by atoms with van der Waals surface area (Å²) in [6, 6.07) is 0. The average molecular weight is 493 g/mol. The van der Waals surface area contributed by atoms with Gasteiger partial charge in [-0.25, -0.2) is 18.7 Å². The van der Waals surface area contributed by atoms with Gasteiger partial charge in [-0.3, -0.25) is 14.2 Å². The van der Waals surface area contributed by atoms with E-state index in [0.717, 1.165) is 29.2 Å². The monoisotopic (exact) mass is 493 g/mol. The maximum atomic E-state index is 15.4. The van der Waals surface area contributed by atoms with E-state index >= 15 is 4.39 Å². The highest BCUT2D eigenvalue weighted by molar-refractivity contribution is 5.72. The number of rotatable bonds is 7. The molecule has 3 rings (SSSR count). The third-order valence-electron chi connectivity index (χ3n) is 5.19. The van der Waals surface area contributed by atoms with Crippen molar-refractivity contribution in [1.82, 2.24) is 19.1 Å². The summed E-state index contributed by atoms with van der Waals surface area (Å²) < 4.78 is 71.4. The van der Waals surface area contributed by atoms with Crippen molar-refractivity contribution in [1.29, 1.82) is 0 Å². The van der Waals surface area contributed by atoms with Gasteiger partial charge in [0, 0.05) is 20.4 Å². The summed E-state index contributed by atoms with van der Waals surface area (Å²) in [7, 11) is 0. The van der Waals surface area contributed by atoms with Crippen molar-refractivity contribution in [2.75, 3.05) is 5.73 Å². The summed E-state index contributed by atoms with van der Waals surface area (Å²) in [4.78, 5) is 43.9. The Labute approximate surface area is 189 Å². The number of fused-ring (bicyclic) bond motifs is 1. The Balaban J connectivity index is 2.14. The molecule has 0 spiro atoms. The lowest BCUT2D eigenvalue weighted by Gasteiger charge is -2.23. The van der Waals surface area contributed by atoms with Gasteiger partial charge in [0.25, 0.3) is 0 Å². The molecule has 0 aliphatic carbocycles. The number of carbonyl (C=O) groups excluding carboxylic acids is 2. The summed E-state index contributed by atoms with van der Waals surface area (Å²) in [6.45, 7) is 2.94. The van der Waals surface area contributed by atoms with Crippen LogP contribution in [0.25, 0.3) is 11.2 Å². The highest BCUT2D eigenvalue weighted by Gasteiger charge is 2.53. The zero-order chi connectivity index (χ0) is 25.4. The van der Waals surface area contributed by atoms with Crippen LogP contribution in [0.5, 0.6) is 0 Å². The number of aryl methyl sites for hydroxylation is 1. The normalized spacial score (nSPS) is 23.7. The number of carbonyl (C=O) groups is 2. The number of halogens is 4. The summed E-state index contributed by atoms with van der Waals surface area (Å²) in [5.41, 5.74) is 4.22. The van der Waals surface area contributed by atoms with Crippen molar-refractivity contribution < 1.29 is 41.4 Å². The number of anilines is 1. The topological polar surface area (TPSA) is 141 Å². The fraction of sp³-hybridized carbons (Fsp3) is 0.632. The van der Waals surface area contributed by atoms with Crippen LogP contribution in [0.15, 0.2) is 11.0 Å². The van der Waals surface area contributed by atoms with Crippen LogP contribution in [-0.4, -0.2) is 61.7 Å². The van der Waals surface area contributed by atoms with Gasteiger partial charge in [0.05, 0.1) is 12.6 Å². The second-order valence-corrected chi connectivity index (χ2v) is 7.67. The number of esters is 2. The molecule has 2 aromatic heterocycles. The summed E-state index contributed by atoms with van der Waals surface area (Å²) in [6.07, 6.45) is -12.6. The number of nitrogens with two attached hydrogens (primary N) is 1. The second kappa shape index (κ2) is 9.56. The van der Waals surface area contributed by atoms with Crippen LogP contribution in [0.3, 0.4) is 0 Å². The van der Waals surface area contributed by atoms with Crippen LogP contribution < -0.4 is 11.4 Å². The number of aromatic nitrogens is 4. The van der Waals surface area contributed by atoms with E-state index in [9.17, 15) is 27.6 Å². The molecule has 0 amide bonds. The SMILES string of the molecule is CCC(OC(C)=O)[C@H]1O[C@@H](n2c(=O)n(CCC(F)(F)F)c3cnc(N)nc32)[C@H](OC(C)=O)[C@H]1F. The van der Waals surface area contributed by atoms with Crippen LogP contribution >= 0.6 is 0 Å². The minimum atomic E-state index is -4.57. The van der Waals surface area contributed by atoms with Crippen LogP contribution in [0.1, 0.15) is 39.8 Å². The van der Waals surface area contributed by atoms with Crippen LogP contribution in [0.2, 0.25) is 0 Å². The lowest BCUT2D eigenvalue weighted by Crippen LogP contribution is -2.40. The largest absolute Gasteiger partial charge is 0.460 e. The third-order valence-corrected chi connectivity index (χ3v) is 5.19. The molecule has 0 saturated carbocycles. The first-order chi connectivity index (χ1) is 15.8. The first kappa shape index (κ1) is 25.4. The van der Waals surface area contributed by atoms with E-state index in [0.29, 0.717) is 0 Å². The molecule has 34 heavy (non-hydrogen) atoms. The highest BCUT2D eigenvalue weighted by Crippen LogP contribution is 2.37. The van der Waals surface area contributed by atoms with Crippen molar-refractivity contribution in [3.05, 3.63) is 16.7 Å². The average Bonchev–Trinajstić information content (AvgIpc) is 3.16. The number of ether oxygens (including phenoxy) is 3. The molecule has 1 unspecified atom stereocenters. The maximum absolute atomic E-state index is 15.4. The van der Waals surface area contributed by atoms with Crippen molar-refractivity contribution >= 4 is 29.1 Å². The molecular weight excluding hydrogens is 470 g/mol. The molecule has 0 bridgehead atoms. The molecule has 1 saturated heterocycles. The molecule has 1 aliphatic heterocycles. The van der Waals surface area contributed by atoms with E-state index in [-0.39, 0.29) is 23.5 Å². The van der Waals surface area contributed by atoms with E-state index in [4.69, 9.17) is 19.9 Å². The lowest BCUT2D eigenvalue weighted by molar-refractivity contribution is -0.159. The van der Waals surface area contributed by atoms with Gasteiger partial charge in [0.15, 0.2) is 24.2 Å². The zero-order valence-corrected chi connectivity index (χ0v) is 18.4. The molecule has 3 heterocycles. The molecule has 2 N–H and O–H groups in total. The molecular formula is C19H23F4N5O6. The smallest absolute Gasteiger partial charge is 0.390 e. The molecule has 1 aliphatic rings. The van der Waals surface area contributed by atoms with Crippen molar-refractivity contribution in [3.63, 3.8) is 0 Å². The fourth-order valence-electron chi connectivity index (χ4n) is 3.82. The molecule has 188 valence electrons. The Morgan fingerprint density at radius 3 is 2.53 bits per heavy atom. The number of alkyl halides is 4. The quantitative estimate of drug-likeness (QED) is 0.450. The number of hydrogen-bond donors (Lipinski definition) is 1. The van der Waals surface area contributed by atoms with E-state index in [1.807, 2.05) is 0 Å². The Bertz CT molecular complexity index is 1130.